The van der Waals surface area contributed by atoms with Gasteiger partial charge in [-0.05, 0) is 54.4 Å². The molecule has 42 heavy (non-hydrogen) atoms. The summed E-state index contributed by atoms with van der Waals surface area (Å²) in [4.78, 5) is 56.5. The highest BCUT2D eigenvalue weighted by Gasteiger charge is 2.36. The monoisotopic (exact) mass is 573 g/mol. The highest BCUT2D eigenvalue weighted by Crippen LogP contribution is 2.32. The van der Waals surface area contributed by atoms with E-state index >= 15 is 0 Å². The van der Waals surface area contributed by atoms with Crippen LogP contribution in [0, 0.1) is 5.92 Å². The molecule has 1 aromatic heterocycles. The molecule has 218 valence electrons. The van der Waals surface area contributed by atoms with Gasteiger partial charge in [-0.15, -0.1) is 0 Å². The van der Waals surface area contributed by atoms with Crippen LogP contribution in [-0.2, 0) is 25.7 Å². The number of hydrogen-bond acceptors (Lipinski definition) is 8. The van der Waals surface area contributed by atoms with Crippen molar-refractivity contribution in [2.24, 2.45) is 5.92 Å². The lowest BCUT2D eigenvalue weighted by molar-refractivity contribution is -0.144. The fraction of sp³-hybridized carbons (Fsp3) is 0.300. The fourth-order valence-electron chi connectivity index (χ4n) is 4.80. The largest absolute Gasteiger partial charge is 0.466 e. The molecule has 2 atom stereocenters. The number of amides is 4. The first kappa shape index (κ1) is 28.4. The Morgan fingerprint density at radius 1 is 1.10 bits per heavy atom. The first-order valence-corrected chi connectivity index (χ1v) is 13.6. The van der Waals surface area contributed by atoms with Gasteiger partial charge in [0.05, 0.1) is 25.0 Å². The quantitative estimate of drug-likeness (QED) is 0.313. The summed E-state index contributed by atoms with van der Waals surface area (Å²) in [5, 5.41) is 8.47. The normalized spacial score (nSPS) is 16.1. The van der Waals surface area contributed by atoms with Gasteiger partial charge in [0.25, 0.3) is 0 Å². The number of aromatic nitrogens is 1. The smallest absolute Gasteiger partial charge is 0.319 e. The number of carbonyl (C=O) groups is 4. The van der Waals surface area contributed by atoms with Gasteiger partial charge in [-0.2, -0.15) is 0 Å². The van der Waals surface area contributed by atoms with Crippen LogP contribution in [0.5, 0.6) is 11.5 Å². The number of ether oxygens (including phenoxy) is 3. The molecule has 3 N–H and O–H groups in total. The average molecular weight is 574 g/mol. The van der Waals surface area contributed by atoms with Gasteiger partial charge in [-0.3, -0.25) is 19.4 Å². The summed E-state index contributed by atoms with van der Waals surface area (Å²) in [6.07, 6.45) is 3.14. The van der Waals surface area contributed by atoms with Gasteiger partial charge < -0.3 is 35.1 Å². The van der Waals surface area contributed by atoms with E-state index < -0.39 is 24.0 Å². The Bertz CT molecular complexity index is 1470. The zero-order valence-electron chi connectivity index (χ0n) is 23.0. The molecule has 5 rings (SSSR count). The molecule has 0 aliphatic carbocycles. The summed E-state index contributed by atoms with van der Waals surface area (Å²) < 4.78 is 15.7. The Balaban J connectivity index is 1.18. The van der Waals surface area contributed by atoms with Crippen LogP contribution in [0.25, 0.3) is 0 Å². The molecule has 2 aliphatic heterocycles. The van der Waals surface area contributed by atoms with Gasteiger partial charge in [0.15, 0.2) is 11.5 Å². The minimum atomic E-state index is -0.641. The number of esters is 1. The van der Waals surface area contributed by atoms with E-state index in [2.05, 4.69) is 20.9 Å². The minimum Gasteiger partial charge on any atom is -0.466 e. The number of nitrogens with zero attached hydrogens (tertiary/aromatic N) is 2. The van der Waals surface area contributed by atoms with E-state index in [4.69, 9.17) is 14.2 Å². The predicted octanol–water partition coefficient (Wildman–Crippen LogP) is 3.30. The summed E-state index contributed by atoms with van der Waals surface area (Å²) in [6.45, 7) is 2.55. The molecule has 2 unspecified atom stereocenters. The maximum absolute atomic E-state index is 13.2. The third-order valence-corrected chi connectivity index (χ3v) is 6.88. The van der Waals surface area contributed by atoms with Crippen molar-refractivity contribution in [3.8, 4) is 11.5 Å². The Morgan fingerprint density at radius 2 is 1.95 bits per heavy atom. The first-order chi connectivity index (χ1) is 20.4. The third-order valence-electron chi connectivity index (χ3n) is 6.88. The van der Waals surface area contributed by atoms with E-state index in [1.807, 2.05) is 12.1 Å². The Labute approximate surface area is 242 Å². The number of rotatable bonds is 10. The summed E-state index contributed by atoms with van der Waals surface area (Å²) >= 11 is 0. The predicted molar refractivity (Wildman–Crippen MR) is 152 cm³/mol. The molecule has 4 amide bonds. The van der Waals surface area contributed by atoms with Crippen LogP contribution in [0.1, 0.15) is 36.9 Å². The second-order valence-electron chi connectivity index (χ2n) is 9.81. The number of nitrogens with one attached hydrogen (secondary N) is 3. The lowest BCUT2D eigenvalue weighted by Crippen LogP contribution is -2.36. The second-order valence-corrected chi connectivity index (χ2v) is 9.81. The standard InChI is InChI=1S/C30H31N5O7/c1-2-40-28(37)14-24(20-5-4-10-31-16-20)34-29(38)21-12-27(36)35(17-21)23-7-3-6-22(13-23)33-30(39)32-15-19-8-9-25-26(11-19)42-18-41-25/h3-11,13,16,21,24H,2,12,14-15,17-18H2,1H3,(H,34,38)(H2,32,33,39). The first-order valence-electron chi connectivity index (χ1n) is 13.6. The zero-order chi connectivity index (χ0) is 29.5. The SMILES string of the molecule is CCOC(=O)CC(NC(=O)C1CC(=O)N(c2cccc(NC(=O)NCc3ccc4c(c3)OCO4)c2)C1)c1cccnc1. The molecule has 2 aliphatic rings. The summed E-state index contributed by atoms with van der Waals surface area (Å²) in [5.41, 5.74) is 2.56. The van der Waals surface area contributed by atoms with Crippen LogP contribution in [0.3, 0.4) is 0 Å². The molecule has 1 saturated heterocycles. The van der Waals surface area contributed by atoms with Gasteiger partial charge in [-0.1, -0.05) is 18.2 Å². The number of carbonyl (C=O) groups excluding carboxylic acids is 4. The van der Waals surface area contributed by atoms with Crippen molar-refractivity contribution < 1.29 is 33.4 Å². The van der Waals surface area contributed by atoms with Crippen molar-refractivity contribution in [2.75, 3.05) is 30.2 Å². The molecule has 0 radical (unpaired) electrons. The molecule has 0 spiro atoms. The van der Waals surface area contributed by atoms with E-state index in [1.54, 1.807) is 61.8 Å². The third kappa shape index (κ3) is 6.95. The molecule has 12 nitrogen and oxygen atoms in total. The Kier molecular flexibility index (Phi) is 8.81. The molecule has 0 bridgehead atoms. The van der Waals surface area contributed by atoms with Crippen molar-refractivity contribution in [2.45, 2.75) is 32.4 Å². The summed E-state index contributed by atoms with van der Waals surface area (Å²) in [7, 11) is 0. The molecule has 0 saturated carbocycles. The minimum absolute atomic E-state index is 0.0126. The van der Waals surface area contributed by atoms with Crippen molar-refractivity contribution in [3.63, 3.8) is 0 Å². The maximum Gasteiger partial charge on any atom is 0.319 e. The van der Waals surface area contributed by atoms with Crippen LogP contribution in [0.4, 0.5) is 16.2 Å². The van der Waals surface area contributed by atoms with Crippen molar-refractivity contribution >= 4 is 35.2 Å². The van der Waals surface area contributed by atoms with E-state index in [-0.39, 0.29) is 51.1 Å². The Morgan fingerprint density at radius 3 is 2.76 bits per heavy atom. The van der Waals surface area contributed by atoms with E-state index in [9.17, 15) is 19.2 Å². The second kappa shape index (κ2) is 13.0. The molecule has 2 aromatic carbocycles. The molecular formula is C30H31N5O7. The van der Waals surface area contributed by atoms with Gasteiger partial charge >= 0.3 is 12.0 Å². The Hall–Kier alpha value is -5.13. The highest BCUT2D eigenvalue weighted by molar-refractivity contribution is 6.01. The van der Waals surface area contributed by atoms with Crippen molar-refractivity contribution in [1.82, 2.24) is 15.6 Å². The summed E-state index contributed by atoms with van der Waals surface area (Å²) in [5.74, 6) is -0.331. The fourth-order valence-corrected chi connectivity index (χ4v) is 4.80. The van der Waals surface area contributed by atoms with Gasteiger partial charge in [0, 0.05) is 43.3 Å². The summed E-state index contributed by atoms with van der Waals surface area (Å²) in [6, 6.07) is 14.7. The number of anilines is 2. The van der Waals surface area contributed by atoms with Crippen LogP contribution < -0.4 is 30.3 Å². The molecule has 3 heterocycles. The highest BCUT2D eigenvalue weighted by atomic mass is 16.7. The van der Waals surface area contributed by atoms with Crippen molar-refractivity contribution in [3.05, 3.63) is 78.1 Å². The van der Waals surface area contributed by atoms with Gasteiger partial charge in [-0.25, -0.2) is 4.79 Å². The lowest BCUT2D eigenvalue weighted by Gasteiger charge is -2.21. The molecule has 12 heteroatoms. The number of pyridine rings is 1. The zero-order valence-corrected chi connectivity index (χ0v) is 23.0. The van der Waals surface area contributed by atoms with E-state index in [0.717, 1.165) is 5.56 Å². The van der Waals surface area contributed by atoms with Crippen LogP contribution in [-0.4, -0.2) is 48.7 Å². The number of benzene rings is 2. The van der Waals surface area contributed by atoms with Crippen LogP contribution >= 0.6 is 0 Å². The van der Waals surface area contributed by atoms with E-state index in [0.29, 0.717) is 28.4 Å². The number of urea groups is 1. The van der Waals surface area contributed by atoms with Gasteiger partial charge in [0.1, 0.15) is 0 Å². The lowest BCUT2D eigenvalue weighted by atomic mass is 10.0. The average Bonchev–Trinajstić information content (AvgIpc) is 3.62. The molecular weight excluding hydrogens is 542 g/mol. The van der Waals surface area contributed by atoms with Crippen LogP contribution in [0.15, 0.2) is 67.0 Å². The number of fused-ring (bicyclic) bond motifs is 1. The molecule has 3 aromatic rings. The number of hydrogen-bond donors (Lipinski definition) is 3. The van der Waals surface area contributed by atoms with Crippen molar-refractivity contribution in [1.29, 1.82) is 0 Å². The van der Waals surface area contributed by atoms with Crippen LogP contribution in [0.2, 0.25) is 0 Å². The maximum atomic E-state index is 13.2. The van der Waals surface area contributed by atoms with E-state index in [1.165, 1.54) is 4.90 Å². The molecule has 1 fully saturated rings. The van der Waals surface area contributed by atoms with Gasteiger partial charge in [0.2, 0.25) is 18.6 Å². The topological polar surface area (TPSA) is 148 Å².